The molecule has 0 bridgehead atoms. The summed E-state index contributed by atoms with van der Waals surface area (Å²) in [5.41, 5.74) is 6.10. The second-order valence-electron chi connectivity index (χ2n) is 4.82. The van der Waals surface area contributed by atoms with E-state index >= 15 is 0 Å². The number of piperidine rings is 1. The molecule has 1 atom stereocenters. The van der Waals surface area contributed by atoms with Crippen molar-refractivity contribution in [1.29, 1.82) is 0 Å². The minimum absolute atomic E-state index is 0.0635. The molecule has 2 heterocycles. The smallest absolute Gasteiger partial charge is 0.393 e. The van der Waals surface area contributed by atoms with E-state index in [0.29, 0.717) is 31.1 Å². The summed E-state index contributed by atoms with van der Waals surface area (Å²) in [6.45, 7) is 2.71. The Morgan fingerprint density at radius 1 is 1.45 bits per heavy atom. The summed E-state index contributed by atoms with van der Waals surface area (Å²) in [5, 5.41) is 0. The highest BCUT2D eigenvalue weighted by molar-refractivity contribution is 5.54. The molecule has 0 amide bonds. The molecule has 4 nitrogen and oxygen atoms in total. The summed E-state index contributed by atoms with van der Waals surface area (Å²) in [5.74, 6) is -0.540. The second-order valence-corrected chi connectivity index (χ2v) is 4.82. The third kappa shape index (κ3) is 3.26. The van der Waals surface area contributed by atoms with Crippen LogP contribution in [0, 0.1) is 5.92 Å². The highest BCUT2D eigenvalue weighted by atomic mass is 19.4. The fraction of sp³-hybridized carbons (Fsp3) is 0.615. The van der Waals surface area contributed by atoms with E-state index in [1.54, 1.807) is 24.0 Å². The molecule has 0 saturated carbocycles. The zero-order chi connectivity index (χ0) is 14.8. The summed E-state index contributed by atoms with van der Waals surface area (Å²) in [6, 6.07) is 3.25. The minimum Gasteiger partial charge on any atom is -0.476 e. The van der Waals surface area contributed by atoms with Gasteiger partial charge >= 0.3 is 6.18 Å². The fourth-order valence-electron chi connectivity index (χ4n) is 2.32. The number of alkyl halides is 3. The van der Waals surface area contributed by atoms with E-state index in [1.807, 2.05) is 0 Å². The van der Waals surface area contributed by atoms with Crippen LogP contribution in [-0.2, 0) is 0 Å². The van der Waals surface area contributed by atoms with E-state index in [4.69, 9.17) is 10.5 Å². The Labute approximate surface area is 115 Å². The molecule has 1 aromatic heterocycles. The van der Waals surface area contributed by atoms with Crippen molar-refractivity contribution >= 4 is 11.5 Å². The SMILES string of the molecule is CCOc1nc(N2CCCC(C(F)(F)F)C2)ccc1N. The third-order valence-electron chi connectivity index (χ3n) is 3.36. The Hall–Kier alpha value is -1.66. The standard InChI is InChI=1S/C13H18F3N3O/c1-2-20-12-10(17)5-6-11(18-12)19-7-3-4-9(8-19)13(14,15)16/h5-6,9H,2-4,7-8,17H2,1H3. The van der Waals surface area contributed by atoms with E-state index in [1.165, 1.54) is 0 Å². The molecule has 1 aliphatic heterocycles. The van der Waals surface area contributed by atoms with Crippen LogP contribution in [0.5, 0.6) is 5.88 Å². The molecule has 7 heteroatoms. The van der Waals surface area contributed by atoms with Gasteiger partial charge in [-0.3, -0.25) is 0 Å². The predicted octanol–water partition coefficient (Wildman–Crippen LogP) is 2.84. The number of anilines is 2. The van der Waals surface area contributed by atoms with Crippen molar-refractivity contribution in [2.45, 2.75) is 25.9 Å². The summed E-state index contributed by atoms with van der Waals surface area (Å²) >= 11 is 0. The lowest BCUT2D eigenvalue weighted by Crippen LogP contribution is -2.42. The van der Waals surface area contributed by atoms with Crippen molar-refractivity contribution in [3.63, 3.8) is 0 Å². The van der Waals surface area contributed by atoms with Crippen molar-refractivity contribution in [2.24, 2.45) is 5.92 Å². The maximum absolute atomic E-state index is 12.8. The van der Waals surface area contributed by atoms with Crippen LogP contribution in [0.15, 0.2) is 12.1 Å². The maximum atomic E-state index is 12.8. The highest BCUT2D eigenvalue weighted by Crippen LogP contribution is 2.35. The van der Waals surface area contributed by atoms with Crippen LogP contribution >= 0.6 is 0 Å². The lowest BCUT2D eigenvalue weighted by Gasteiger charge is -2.34. The van der Waals surface area contributed by atoms with Gasteiger partial charge in [-0.1, -0.05) is 0 Å². The van der Waals surface area contributed by atoms with Gasteiger partial charge in [0.15, 0.2) is 0 Å². The van der Waals surface area contributed by atoms with Crippen LogP contribution in [0.1, 0.15) is 19.8 Å². The zero-order valence-electron chi connectivity index (χ0n) is 11.3. The average molecular weight is 289 g/mol. The maximum Gasteiger partial charge on any atom is 0.393 e. The third-order valence-corrected chi connectivity index (χ3v) is 3.36. The monoisotopic (exact) mass is 289 g/mol. The van der Waals surface area contributed by atoms with Crippen LogP contribution in [0.25, 0.3) is 0 Å². The van der Waals surface area contributed by atoms with Crippen LogP contribution in [0.3, 0.4) is 0 Å². The molecule has 1 aromatic rings. The first-order valence-corrected chi connectivity index (χ1v) is 6.62. The molecule has 1 fully saturated rings. The molecule has 2 rings (SSSR count). The topological polar surface area (TPSA) is 51.4 Å². The van der Waals surface area contributed by atoms with Gasteiger partial charge in [-0.2, -0.15) is 18.2 Å². The molecular formula is C13H18F3N3O. The number of nitrogens with two attached hydrogens (primary N) is 1. The number of nitrogens with zero attached hydrogens (tertiary/aromatic N) is 2. The number of pyridine rings is 1. The summed E-state index contributed by atoms with van der Waals surface area (Å²) in [7, 11) is 0. The van der Waals surface area contributed by atoms with Gasteiger partial charge in [-0.15, -0.1) is 0 Å². The fourth-order valence-corrected chi connectivity index (χ4v) is 2.32. The molecule has 0 aliphatic carbocycles. The lowest BCUT2D eigenvalue weighted by atomic mass is 9.97. The first kappa shape index (κ1) is 14.7. The normalized spacial score (nSPS) is 20.0. The number of hydrogen-bond donors (Lipinski definition) is 1. The van der Waals surface area contributed by atoms with Gasteiger partial charge in [0, 0.05) is 13.1 Å². The van der Waals surface area contributed by atoms with Crippen LogP contribution in [-0.4, -0.2) is 30.9 Å². The van der Waals surface area contributed by atoms with Crippen LogP contribution in [0.2, 0.25) is 0 Å². The first-order valence-electron chi connectivity index (χ1n) is 6.62. The lowest BCUT2D eigenvalue weighted by molar-refractivity contribution is -0.176. The molecule has 0 aromatic carbocycles. The molecule has 0 radical (unpaired) electrons. The van der Waals surface area contributed by atoms with E-state index < -0.39 is 12.1 Å². The van der Waals surface area contributed by atoms with Crippen LogP contribution in [0.4, 0.5) is 24.7 Å². The van der Waals surface area contributed by atoms with Crippen molar-refractivity contribution < 1.29 is 17.9 Å². The molecule has 1 saturated heterocycles. The first-order chi connectivity index (χ1) is 9.41. The molecule has 112 valence electrons. The Balaban J connectivity index is 2.16. The summed E-state index contributed by atoms with van der Waals surface area (Å²) in [4.78, 5) is 5.86. The summed E-state index contributed by atoms with van der Waals surface area (Å²) in [6.07, 6.45) is -3.48. The van der Waals surface area contributed by atoms with E-state index in [2.05, 4.69) is 4.98 Å². The number of hydrogen-bond acceptors (Lipinski definition) is 4. The minimum atomic E-state index is -4.16. The van der Waals surface area contributed by atoms with Gasteiger partial charge in [0.25, 0.3) is 0 Å². The number of rotatable bonds is 3. The van der Waals surface area contributed by atoms with Crippen molar-refractivity contribution in [2.75, 3.05) is 30.3 Å². The highest BCUT2D eigenvalue weighted by Gasteiger charge is 2.42. The van der Waals surface area contributed by atoms with E-state index in [9.17, 15) is 13.2 Å². The number of halogens is 3. The van der Waals surface area contributed by atoms with Gasteiger partial charge in [0.05, 0.1) is 18.2 Å². The predicted molar refractivity (Wildman–Crippen MR) is 70.8 cm³/mol. The Morgan fingerprint density at radius 3 is 2.85 bits per heavy atom. The number of nitrogen functional groups attached to an aromatic ring is 1. The van der Waals surface area contributed by atoms with Gasteiger partial charge < -0.3 is 15.4 Å². The Bertz CT molecular complexity index is 465. The molecule has 1 unspecified atom stereocenters. The van der Waals surface area contributed by atoms with Gasteiger partial charge in [-0.05, 0) is 31.9 Å². The largest absolute Gasteiger partial charge is 0.476 e. The van der Waals surface area contributed by atoms with Crippen molar-refractivity contribution in [3.8, 4) is 5.88 Å². The van der Waals surface area contributed by atoms with Gasteiger partial charge in [0.2, 0.25) is 5.88 Å². The number of aromatic nitrogens is 1. The van der Waals surface area contributed by atoms with E-state index in [0.717, 1.165) is 0 Å². The van der Waals surface area contributed by atoms with Gasteiger partial charge in [-0.25, -0.2) is 0 Å². The van der Waals surface area contributed by atoms with Crippen LogP contribution < -0.4 is 15.4 Å². The van der Waals surface area contributed by atoms with Gasteiger partial charge in [0.1, 0.15) is 5.82 Å². The molecule has 2 N–H and O–H groups in total. The van der Waals surface area contributed by atoms with Crippen molar-refractivity contribution in [1.82, 2.24) is 4.98 Å². The Kier molecular flexibility index (Phi) is 4.25. The molecule has 1 aliphatic rings. The quantitative estimate of drug-likeness (QED) is 0.929. The van der Waals surface area contributed by atoms with E-state index in [-0.39, 0.29) is 18.8 Å². The molecule has 0 spiro atoms. The summed E-state index contributed by atoms with van der Waals surface area (Å²) < 4.78 is 43.7. The van der Waals surface area contributed by atoms with Crippen molar-refractivity contribution in [3.05, 3.63) is 12.1 Å². The second kappa shape index (κ2) is 5.76. The Morgan fingerprint density at radius 2 is 2.20 bits per heavy atom. The average Bonchev–Trinajstić information content (AvgIpc) is 2.41. The zero-order valence-corrected chi connectivity index (χ0v) is 11.3. The number of ether oxygens (including phenoxy) is 1. The molecule has 20 heavy (non-hydrogen) atoms. The molecular weight excluding hydrogens is 271 g/mol.